The first kappa shape index (κ1) is 18.5. The fraction of sp³-hybridized carbons (Fsp3) is 0.421. The Balaban J connectivity index is 1.79. The molecule has 1 aromatic heterocycles. The summed E-state index contributed by atoms with van der Waals surface area (Å²) in [7, 11) is 1.66. The number of aromatic nitrogens is 1. The molecule has 2 aromatic rings. The SMILES string of the molecule is COCC(CC(C)C)N=C1NC(=O)/C(=C/c2ccc3nc(C)sc3c2)N1. The maximum absolute atomic E-state index is 12.3. The zero-order chi connectivity index (χ0) is 18.7. The minimum atomic E-state index is -0.176. The van der Waals surface area contributed by atoms with Gasteiger partial charge in [0.25, 0.3) is 5.91 Å². The number of rotatable bonds is 6. The van der Waals surface area contributed by atoms with Gasteiger partial charge in [0.2, 0.25) is 5.96 Å². The number of nitrogens with zero attached hydrogens (tertiary/aromatic N) is 2. The van der Waals surface area contributed by atoms with Crippen LogP contribution in [0.1, 0.15) is 30.8 Å². The number of carbonyl (C=O) groups is 1. The van der Waals surface area contributed by atoms with Crippen molar-refractivity contribution in [1.82, 2.24) is 15.6 Å². The van der Waals surface area contributed by atoms with E-state index in [0.717, 1.165) is 27.2 Å². The van der Waals surface area contributed by atoms with Gasteiger partial charge in [0.15, 0.2) is 0 Å². The lowest BCUT2D eigenvalue weighted by atomic mass is 10.1. The van der Waals surface area contributed by atoms with Gasteiger partial charge in [0.05, 0.1) is 27.9 Å². The summed E-state index contributed by atoms with van der Waals surface area (Å²) in [6.07, 6.45) is 2.73. The lowest BCUT2D eigenvalue weighted by molar-refractivity contribution is -0.115. The number of hydrogen-bond donors (Lipinski definition) is 2. The summed E-state index contributed by atoms with van der Waals surface area (Å²) < 4.78 is 6.35. The summed E-state index contributed by atoms with van der Waals surface area (Å²) in [5.74, 6) is 0.810. The van der Waals surface area contributed by atoms with Crippen LogP contribution in [0.4, 0.5) is 0 Å². The van der Waals surface area contributed by atoms with Gasteiger partial charge in [0, 0.05) is 7.11 Å². The molecule has 1 saturated heterocycles. The van der Waals surface area contributed by atoms with Crippen LogP contribution in [-0.4, -0.2) is 36.6 Å². The molecule has 26 heavy (non-hydrogen) atoms. The van der Waals surface area contributed by atoms with Gasteiger partial charge in [-0.2, -0.15) is 0 Å². The minimum absolute atomic E-state index is 0.0127. The first-order valence-corrected chi connectivity index (χ1v) is 9.50. The number of aryl methyl sites for hydroxylation is 1. The second kappa shape index (κ2) is 7.97. The van der Waals surface area contributed by atoms with E-state index >= 15 is 0 Å². The molecule has 1 unspecified atom stereocenters. The number of ether oxygens (including phenoxy) is 1. The molecule has 1 aromatic carbocycles. The Morgan fingerprint density at radius 3 is 2.88 bits per heavy atom. The lowest BCUT2D eigenvalue weighted by Crippen LogP contribution is -2.29. The van der Waals surface area contributed by atoms with Crippen LogP contribution < -0.4 is 10.6 Å². The van der Waals surface area contributed by atoms with Crippen LogP contribution in [0.15, 0.2) is 28.9 Å². The van der Waals surface area contributed by atoms with E-state index in [2.05, 4.69) is 34.5 Å². The van der Waals surface area contributed by atoms with Crippen molar-refractivity contribution in [1.29, 1.82) is 0 Å². The normalized spacial score (nSPS) is 18.7. The standard InChI is InChI=1S/C19H24N4O2S/c1-11(2)7-14(10-25-4)21-19-22-16(18(24)23-19)8-13-5-6-15-17(9-13)26-12(3)20-15/h5-6,8-9,11,14H,7,10H2,1-4H3,(H2,21,22,23,24)/b16-8-. The molecule has 7 heteroatoms. The van der Waals surface area contributed by atoms with Gasteiger partial charge in [-0.15, -0.1) is 11.3 Å². The zero-order valence-corrected chi connectivity index (χ0v) is 16.3. The first-order valence-electron chi connectivity index (χ1n) is 8.68. The summed E-state index contributed by atoms with van der Waals surface area (Å²) >= 11 is 1.65. The highest BCUT2D eigenvalue weighted by atomic mass is 32.1. The highest BCUT2D eigenvalue weighted by molar-refractivity contribution is 7.18. The fourth-order valence-electron chi connectivity index (χ4n) is 2.95. The van der Waals surface area contributed by atoms with Gasteiger partial charge in [0.1, 0.15) is 5.70 Å². The molecule has 0 aliphatic carbocycles. The van der Waals surface area contributed by atoms with Gasteiger partial charge in [-0.25, -0.2) is 9.98 Å². The van der Waals surface area contributed by atoms with E-state index < -0.39 is 0 Å². The number of methoxy groups -OCH3 is 1. The van der Waals surface area contributed by atoms with Gasteiger partial charge in [-0.3, -0.25) is 10.1 Å². The van der Waals surface area contributed by atoms with E-state index in [0.29, 0.717) is 24.2 Å². The highest BCUT2D eigenvalue weighted by Crippen LogP contribution is 2.23. The summed E-state index contributed by atoms with van der Waals surface area (Å²) in [6, 6.07) is 6.00. The predicted molar refractivity (Wildman–Crippen MR) is 106 cm³/mol. The van der Waals surface area contributed by atoms with E-state index in [1.807, 2.05) is 31.2 Å². The average Bonchev–Trinajstić information content (AvgIpc) is 3.08. The smallest absolute Gasteiger partial charge is 0.274 e. The van der Waals surface area contributed by atoms with Gasteiger partial charge in [-0.1, -0.05) is 19.9 Å². The minimum Gasteiger partial charge on any atom is -0.382 e. The van der Waals surface area contributed by atoms with Crippen LogP contribution in [0.3, 0.4) is 0 Å². The molecule has 0 saturated carbocycles. The third-order valence-corrected chi connectivity index (χ3v) is 4.91. The van der Waals surface area contributed by atoms with Crippen LogP contribution in [0.2, 0.25) is 0 Å². The number of fused-ring (bicyclic) bond motifs is 1. The molecular formula is C19H24N4O2S. The molecule has 6 nitrogen and oxygen atoms in total. The Kier molecular flexibility index (Phi) is 5.68. The molecule has 1 fully saturated rings. The third-order valence-electron chi connectivity index (χ3n) is 3.97. The second-order valence-electron chi connectivity index (χ2n) is 6.81. The number of carbonyl (C=O) groups excluding carboxylic acids is 1. The Bertz CT molecular complexity index is 870. The van der Waals surface area contributed by atoms with Crippen molar-refractivity contribution in [2.24, 2.45) is 10.9 Å². The molecule has 2 N–H and O–H groups in total. The molecule has 0 bridgehead atoms. The van der Waals surface area contributed by atoms with Gasteiger partial charge in [-0.05, 0) is 43.0 Å². The van der Waals surface area contributed by atoms with Crippen LogP contribution in [-0.2, 0) is 9.53 Å². The average molecular weight is 372 g/mol. The van der Waals surface area contributed by atoms with Crippen molar-refractivity contribution in [3.8, 4) is 0 Å². The summed E-state index contributed by atoms with van der Waals surface area (Å²) in [5, 5.41) is 6.91. The number of benzene rings is 1. The molecule has 1 aliphatic heterocycles. The van der Waals surface area contributed by atoms with Crippen molar-refractivity contribution in [3.05, 3.63) is 34.5 Å². The Morgan fingerprint density at radius 1 is 1.35 bits per heavy atom. The van der Waals surface area contributed by atoms with Crippen LogP contribution >= 0.6 is 11.3 Å². The first-order chi connectivity index (χ1) is 12.4. The quantitative estimate of drug-likeness (QED) is 0.764. The summed E-state index contributed by atoms with van der Waals surface area (Å²) in [5.41, 5.74) is 2.43. The van der Waals surface area contributed by atoms with E-state index in [-0.39, 0.29) is 11.9 Å². The van der Waals surface area contributed by atoms with Crippen molar-refractivity contribution in [2.75, 3.05) is 13.7 Å². The lowest BCUT2D eigenvalue weighted by Gasteiger charge is -2.14. The van der Waals surface area contributed by atoms with Crippen LogP contribution in [0.5, 0.6) is 0 Å². The van der Waals surface area contributed by atoms with E-state index in [1.165, 1.54) is 0 Å². The number of nitrogens with one attached hydrogen (secondary N) is 2. The maximum Gasteiger partial charge on any atom is 0.274 e. The predicted octanol–water partition coefficient (Wildman–Crippen LogP) is 3.08. The van der Waals surface area contributed by atoms with Crippen molar-refractivity contribution >= 4 is 39.5 Å². The van der Waals surface area contributed by atoms with Crippen LogP contribution in [0.25, 0.3) is 16.3 Å². The fourth-order valence-corrected chi connectivity index (χ4v) is 3.82. The summed E-state index contributed by atoms with van der Waals surface area (Å²) in [6.45, 7) is 6.81. The highest BCUT2D eigenvalue weighted by Gasteiger charge is 2.23. The summed E-state index contributed by atoms with van der Waals surface area (Å²) in [4.78, 5) is 21.3. The van der Waals surface area contributed by atoms with E-state index in [9.17, 15) is 4.79 Å². The molecule has 1 atom stereocenters. The van der Waals surface area contributed by atoms with Gasteiger partial charge >= 0.3 is 0 Å². The molecule has 3 rings (SSSR count). The van der Waals surface area contributed by atoms with Gasteiger partial charge < -0.3 is 10.1 Å². The Hall–Kier alpha value is -2.25. The zero-order valence-electron chi connectivity index (χ0n) is 15.5. The van der Waals surface area contributed by atoms with Crippen molar-refractivity contribution in [2.45, 2.75) is 33.2 Å². The molecule has 1 aliphatic rings. The molecule has 0 radical (unpaired) electrons. The molecule has 2 heterocycles. The Morgan fingerprint density at radius 2 is 2.15 bits per heavy atom. The largest absolute Gasteiger partial charge is 0.382 e. The maximum atomic E-state index is 12.3. The number of amides is 1. The second-order valence-corrected chi connectivity index (χ2v) is 8.05. The number of guanidine groups is 1. The number of hydrogen-bond acceptors (Lipinski definition) is 5. The molecular weight excluding hydrogens is 348 g/mol. The third kappa shape index (κ3) is 4.47. The van der Waals surface area contributed by atoms with Crippen molar-refractivity contribution < 1.29 is 9.53 Å². The topological polar surface area (TPSA) is 75.6 Å². The van der Waals surface area contributed by atoms with Crippen molar-refractivity contribution in [3.63, 3.8) is 0 Å². The number of thiazole rings is 1. The van der Waals surface area contributed by atoms with E-state index in [1.54, 1.807) is 18.4 Å². The molecule has 1 amide bonds. The van der Waals surface area contributed by atoms with E-state index in [4.69, 9.17) is 4.74 Å². The molecule has 0 spiro atoms. The Labute approximate surface area is 157 Å². The van der Waals surface area contributed by atoms with Crippen LogP contribution in [0, 0.1) is 12.8 Å². The molecule has 138 valence electrons. The monoisotopic (exact) mass is 372 g/mol. The number of aliphatic imine (C=N–C) groups is 1.